The molecule has 4 nitrogen and oxygen atoms in total. The van der Waals surface area contributed by atoms with Crippen LogP contribution in [-0.2, 0) is 0 Å². The maximum atomic E-state index is 10.7. The van der Waals surface area contributed by atoms with Gasteiger partial charge in [0.2, 0.25) is 0 Å². The van der Waals surface area contributed by atoms with Gasteiger partial charge in [0.15, 0.2) is 0 Å². The molecule has 3 heterocycles. The number of fused-ring (bicyclic) bond motifs is 9. The van der Waals surface area contributed by atoms with Crippen LogP contribution in [0.2, 0.25) is 0 Å². The lowest BCUT2D eigenvalue weighted by Gasteiger charge is -2.18. The normalized spacial score (nSPS) is 11.8. The molecule has 11 rings (SSSR count). The summed E-state index contributed by atoms with van der Waals surface area (Å²) in [5, 5.41) is 17.8. The van der Waals surface area contributed by atoms with Gasteiger partial charge < -0.3 is 13.7 Å². The SMILES string of the molecule is N#Cc1cccc(-n2c3ccccc3c3c(-c4ccc5c(c4)c4ccccc4n5-c4ccccc4)cccc32)c1-n1c2ccccc2c2ccccc21. The Bertz CT molecular complexity index is 3240. The minimum absolute atomic E-state index is 0.622. The van der Waals surface area contributed by atoms with Gasteiger partial charge in [-0.1, -0.05) is 115 Å². The van der Waals surface area contributed by atoms with Crippen molar-refractivity contribution in [1.29, 1.82) is 5.26 Å². The molecule has 0 aliphatic rings. The molecule has 0 bridgehead atoms. The Morgan fingerprint density at radius 1 is 0.377 bits per heavy atom. The number of hydrogen-bond donors (Lipinski definition) is 0. The zero-order valence-corrected chi connectivity index (χ0v) is 28.6. The summed E-state index contributed by atoms with van der Waals surface area (Å²) in [6, 6.07) is 67.1. The highest BCUT2D eigenvalue weighted by Crippen LogP contribution is 2.43. The second-order valence-corrected chi connectivity index (χ2v) is 13.6. The first kappa shape index (κ1) is 29.4. The zero-order chi connectivity index (χ0) is 35.0. The van der Waals surface area contributed by atoms with Crippen molar-refractivity contribution in [2.45, 2.75) is 0 Å². The maximum absolute atomic E-state index is 10.7. The summed E-state index contributed by atoms with van der Waals surface area (Å²) in [6.45, 7) is 0. The lowest BCUT2D eigenvalue weighted by molar-refractivity contribution is 1.09. The molecular weight excluding hydrogens is 645 g/mol. The molecule has 0 N–H and O–H groups in total. The Balaban J connectivity index is 1.21. The molecule has 0 aliphatic heterocycles. The Labute approximate surface area is 305 Å². The van der Waals surface area contributed by atoms with E-state index in [2.05, 4.69) is 190 Å². The number of aromatic nitrogens is 3. The minimum atomic E-state index is 0.622. The molecule has 53 heavy (non-hydrogen) atoms. The van der Waals surface area contributed by atoms with Gasteiger partial charge in [-0.3, -0.25) is 0 Å². The van der Waals surface area contributed by atoms with E-state index in [0.717, 1.165) is 55.5 Å². The van der Waals surface area contributed by atoms with Gasteiger partial charge in [0.25, 0.3) is 0 Å². The van der Waals surface area contributed by atoms with Crippen LogP contribution in [0.3, 0.4) is 0 Å². The number of hydrogen-bond acceptors (Lipinski definition) is 1. The summed E-state index contributed by atoms with van der Waals surface area (Å²) >= 11 is 0. The Morgan fingerprint density at radius 2 is 0.906 bits per heavy atom. The molecule has 0 spiro atoms. The minimum Gasteiger partial charge on any atom is -0.309 e. The van der Waals surface area contributed by atoms with E-state index in [1.54, 1.807) is 0 Å². The first-order chi connectivity index (χ1) is 26.3. The van der Waals surface area contributed by atoms with Crippen LogP contribution >= 0.6 is 0 Å². The summed E-state index contributed by atoms with van der Waals surface area (Å²) < 4.78 is 6.99. The van der Waals surface area contributed by atoms with Crippen molar-refractivity contribution in [2.24, 2.45) is 0 Å². The highest BCUT2D eigenvalue weighted by atomic mass is 15.1. The van der Waals surface area contributed by atoms with Gasteiger partial charge in [-0.15, -0.1) is 0 Å². The van der Waals surface area contributed by atoms with E-state index in [1.807, 2.05) is 12.1 Å². The second kappa shape index (κ2) is 11.3. The van der Waals surface area contributed by atoms with Crippen LogP contribution in [-0.4, -0.2) is 13.7 Å². The summed E-state index contributed by atoms with van der Waals surface area (Å²) in [4.78, 5) is 0. The van der Waals surface area contributed by atoms with Crippen LogP contribution < -0.4 is 0 Å². The van der Waals surface area contributed by atoms with E-state index in [4.69, 9.17) is 0 Å². The predicted octanol–water partition coefficient (Wildman–Crippen LogP) is 12.5. The molecule has 0 amide bonds. The van der Waals surface area contributed by atoms with E-state index < -0.39 is 0 Å². The molecule has 0 atom stereocenters. The van der Waals surface area contributed by atoms with Gasteiger partial charge in [0.1, 0.15) is 6.07 Å². The van der Waals surface area contributed by atoms with E-state index >= 15 is 0 Å². The van der Waals surface area contributed by atoms with Crippen LogP contribution in [0.15, 0.2) is 182 Å². The zero-order valence-electron chi connectivity index (χ0n) is 28.6. The van der Waals surface area contributed by atoms with Gasteiger partial charge in [0.05, 0.1) is 50.0 Å². The summed E-state index contributed by atoms with van der Waals surface area (Å²) in [5.74, 6) is 0. The van der Waals surface area contributed by atoms with E-state index in [1.165, 1.54) is 38.1 Å². The van der Waals surface area contributed by atoms with Gasteiger partial charge in [0, 0.05) is 38.0 Å². The Kier molecular flexibility index (Phi) is 6.28. The third-order valence-electron chi connectivity index (χ3n) is 10.9. The van der Waals surface area contributed by atoms with Gasteiger partial charge >= 0.3 is 0 Å². The lowest BCUT2D eigenvalue weighted by atomic mass is 9.98. The van der Waals surface area contributed by atoms with E-state index in [9.17, 15) is 5.26 Å². The molecule has 0 saturated carbocycles. The molecule has 246 valence electrons. The number of benzene rings is 8. The molecule has 11 aromatic rings. The van der Waals surface area contributed by atoms with Crippen molar-refractivity contribution in [3.63, 3.8) is 0 Å². The van der Waals surface area contributed by atoms with Crippen LogP contribution in [0.25, 0.3) is 93.6 Å². The molecule has 4 heteroatoms. The fourth-order valence-electron chi connectivity index (χ4n) is 8.72. The van der Waals surface area contributed by atoms with Crippen molar-refractivity contribution in [3.05, 3.63) is 188 Å². The average Bonchev–Trinajstić information content (AvgIpc) is 3.86. The van der Waals surface area contributed by atoms with Gasteiger partial charge in [-0.2, -0.15) is 5.26 Å². The summed E-state index contributed by atoms with van der Waals surface area (Å²) in [7, 11) is 0. The largest absolute Gasteiger partial charge is 0.309 e. The Morgan fingerprint density at radius 3 is 1.58 bits per heavy atom. The topological polar surface area (TPSA) is 38.6 Å². The molecule has 0 saturated heterocycles. The van der Waals surface area contributed by atoms with Crippen molar-refractivity contribution in [2.75, 3.05) is 0 Å². The van der Waals surface area contributed by atoms with Crippen molar-refractivity contribution >= 4 is 65.4 Å². The highest BCUT2D eigenvalue weighted by molar-refractivity contribution is 6.18. The van der Waals surface area contributed by atoms with E-state index in [0.29, 0.717) is 5.56 Å². The maximum Gasteiger partial charge on any atom is 0.101 e. The van der Waals surface area contributed by atoms with Crippen LogP contribution in [0.1, 0.15) is 5.56 Å². The first-order valence-electron chi connectivity index (χ1n) is 17.9. The molecule has 0 unspecified atom stereocenters. The van der Waals surface area contributed by atoms with E-state index in [-0.39, 0.29) is 0 Å². The first-order valence-corrected chi connectivity index (χ1v) is 17.9. The van der Waals surface area contributed by atoms with Crippen molar-refractivity contribution in [1.82, 2.24) is 13.7 Å². The quantitative estimate of drug-likeness (QED) is 0.183. The molecule has 0 radical (unpaired) electrons. The summed E-state index contributed by atoms with van der Waals surface area (Å²) in [5.41, 5.74) is 12.6. The number of nitrogens with zero attached hydrogens (tertiary/aromatic N) is 4. The molecular formula is C49H30N4. The molecule has 3 aromatic heterocycles. The van der Waals surface area contributed by atoms with Crippen molar-refractivity contribution < 1.29 is 0 Å². The van der Waals surface area contributed by atoms with Crippen molar-refractivity contribution in [3.8, 4) is 34.3 Å². The molecule has 0 fully saturated rings. The lowest BCUT2D eigenvalue weighted by Crippen LogP contribution is -2.05. The Hall–Kier alpha value is -7.35. The standard InChI is InChI=1S/C49H30N4/c50-31-33-14-12-27-47(49(33)53-42-23-9-4-17-36(42)37-18-5-10-24-43(37)53)52-44-25-11-7-20-39(44)48-35(21-13-26-46(48)52)32-28-29-45-40(30-32)38-19-6-8-22-41(38)51(45)34-15-2-1-3-16-34/h1-30H. The smallest absolute Gasteiger partial charge is 0.101 e. The molecule has 8 aromatic carbocycles. The molecule has 0 aliphatic carbocycles. The second-order valence-electron chi connectivity index (χ2n) is 13.6. The third kappa shape index (κ3) is 4.16. The van der Waals surface area contributed by atoms with Gasteiger partial charge in [-0.25, -0.2) is 0 Å². The number of nitriles is 1. The average molecular weight is 675 g/mol. The van der Waals surface area contributed by atoms with Crippen LogP contribution in [0.5, 0.6) is 0 Å². The fourth-order valence-corrected chi connectivity index (χ4v) is 8.72. The van der Waals surface area contributed by atoms with Crippen LogP contribution in [0.4, 0.5) is 0 Å². The predicted molar refractivity (Wildman–Crippen MR) is 220 cm³/mol. The van der Waals surface area contributed by atoms with Crippen LogP contribution in [0, 0.1) is 11.3 Å². The fraction of sp³-hybridized carbons (Fsp3) is 0. The highest BCUT2D eigenvalue weighted by Gasteiger charge is 2.23. The summed E-state index contributed by atoms with van der Waals surface area (Å²) in [6.07, 6.45) is 0. The number of rotatable bonds is 4. The number of para-hydroxylation sites is 6. The van der Waals surface area contributed by atoms with Gasteiger partial charge in [-0.05, 0) is 77.9 Å². The monoisotopic (exact) mass is 674 g/mol. The third-order valence-corrected chi connectivity index (χ3v) is 10.9.